The highest BCUT2D eigenvalue weighted by Crippen LogP contribution is 2.14. The summed E-state index contributed by atoms with van der Waals surface area (Å²) in [5.74, 6) is -1.55. The number of ether oxygens (including phenoxy) is 1. The number of hydrogen-bond donors (Lipinski definition) is 2. The third-order valence-electron chi connectivity index (χ3n) is 3.88. The molecule has 3 rings (SSSR count). The van der Waals surface area contributed by atoms with Gasteiger partial charge in [-0.05, 0) is 43.3 Å². The number of imide groups is 1. The Hall–Kier alpha value is -3.62. The van der Waals surface area contributed by atoms with E-state index in [2.05, 4.69) is 10.6 Å². The van der Waals surface area contributed by atoms with Crippen molar-refractivity contribution >= 4 is 29.5 Å². The number of carbonyl (C=O) groups is 4. The van der Waals surface area contributed by atoms with Gasteiger partial charge in [0.25, 0.3) is 11.8 Å². The average molecular weight is 371 g/mol. The molecule has 1 aromatic carbocycles. The third-order valence-corrected chi connectivity index (χ3v) is 3.88. The fourth-order valence-electron chi connectivity index (χ4n) is 2.47. The zero-order valence-corrected chi connectivity index (χ0v) is 14.4. The summed E-state index contributed by atoms with van der Waals surface area (Å²) in [6.07, 6.45) is 0.294. The molecule has 1 atom stereocenters. The van der Waals surface area contributed by atoms with Gasteiger partial charge in [0.1, 0.15) is 0 Å². The van der Waals surface area contributed by atoms with E-state index in [-0.39, 0.29) is 17.9 Å². The van der Waals surface area contributed by atoms with Crippen LogP contribution in [0, 0.1) is 0 Å². The molecule has 27 heavy (non-hydrogen) atoms. The molecule has 1 saturated heterocycles. The van der Waals surface area contributed by atoms with Crippen molar-refractivity contribution in [3.63, 3.8) is 0 Å². The standard InChI is InChI=1S/C18H17N3O6/c1-11(16(23)21-9-8-19-18(21)25)27-17(24)12-4-6-13(7-5-12)20-15(22)14-3-2-10-26-14/h2-7,10-11H,8-9H2,1H3,(H,19,25)(H,20,22). The molecule has 0 aliphatic carbocycles. The predicted molar refractivity (Wildman–Crippen MR) is 93.1 cm³/mol. The molecule has 2 heterocycles. The molecule has 1 aliphatic heterocycles. The van der Waals surface area contributed by atoms with Crippen LogP contribution in [-0.4, -0.2) is 47.9 Å². The van der Waals surface area contributed by atoms with E-state index in [1.807, 2.05) is 0 Å². The van der Waals surface area contributed by atoms with Crippen molar-refractivity contribution in [2.75, 3.05) is 18.4 Å². The maximum Gasteiger partial charge on any atom is 0.338 e. The van der Waals surface area contributed by atoms with Gasteiger partial charge in [0.2, 0.25) is 0 Å². The van der Waals surface area contributed by atoms with Gasteiger partial charge in [0, 0.05) is 18.8 Å². The molecular formula is C18H17N3O6. The third kappa shape index (κ3) is 4.14. The Morgan fingerprint density at radius 1 is 1.22 bits per heavy atom. The molecule has 2 N–H and O–H groups in total. The van der Waals surface area contributed by atoms with Crippen LogP contribution in [0.5, 0.6) is 0 Å². The minimum atomic E-state index is -1.10. The Kier molecular flexibility index (Phi) is 5.20. The van der Waals surface area contributed by atoms with Crippen LogP contribution in [0.4, 0.5) is 10.5 Å². The molecule has 0 saturated carbocycles. The quantitative estimate of drug-likeness (QED) is 0.771. The molecule has 0 spiro atoms. The number of benzene rings is 1. The van der Waals surface area contributed by atoms with Gasteiger partial charge in [0.05, 0.1) is 11.8 Å². The van der Waals surface area contributed by atoms with E-state index < -0.39 is 29.9 Å². The number of nitrogens with zero attached hydrogens (tertiary/aromatic N) is 1. The molecule has 0 bridgehead atoms. The second-order valence-corrected chi connectivity index (χ2v) is 5.78. The highest BCUT2D eigenvalue weighted by molar-refractivity contribution is 6.02. The molecule has 140 valence electrons. The van der Waals surface area contributed by atoms with E-state index in [9.17, 15) is 19.2 Å². The molecule has 9 nitrogen and oxygen atoms in total. The summed E-state index contributed by atoms with van der Waals surface area (Å²) in [6.45, 7) is 2.02. The first kappa shape index (κ1) is 18.2. The SMILES string of the molecule is CC(OC(=O)c1ccc(NC(=O)c2ccco2)cc1)C(=O)N1CCNC1=O. The Morgan fingerprint density at radius 2 is 1.96 bits per heavy atom. The molecular weight excluding hydrogens is 354 g/mol. The van der Waals surface area contributed by atoms with E-state index in [0.29, 0.717) is 12.2 Å². The first-order valence-electron chi connectivity index (χ1n) is 8.21. The van der Waals surface area contributed by atoms with Gasteiger partial charge in [-0.1, -0.05) is 0 Å². The topological polar surface area (TPSA) is 118 Å². The Bertz CT molecular complexity index is 860. The van der Waals surface area contributed by atoms with E-state index in [0.717, 1.165) is 4.90 Å². The minimum Gasteiger partial charge on any atom is -0.459 e. The lowest BCUT2D eigenvalue weighted by molar-refractivity contribution is -0.136. The predicted octanol–water partition coefficient (Wildman–Crippen LogP) is 1.63. The summed E-state index contributed by atoms with van der Waals surface area (Å²) < 4.78 is 10.1. The van der Waals surface area contributed by atoms with E-state index >= 15 is 0 Å². The van der Waals surface area contributed by atoms with Crippen LogP contribution in [-0.2, 0) is 9.53 Å². The Morgan fingerprint density at radius 3 is 2.56 bits per heavy atom. The summed E-state index contributed by atoms with van der Waals surface area (Å²) in [7, 11) is 0. The van der Waals surface area contributed by atoms with Gasteiger partial charge in [-0.15, -0.1) is 0 Å². The summed E-state index contributed by atoms with van der Waals surface area (Å²) in [4.78, 5) is 48.7. The Labute approximate surface area is 154 Å². The number of urea groups is 1. The number of rotatable bonds is 5. The van der Waals surface area contributed by atoms with E-state index in [1.165, 1.54) is 43.5 Å². The van der Waals surface area contributed by atoms with E-state index in [1.54, 1.807) is 6.07 Å². The van der Waals surface area contributed by atoms with Gasteiger partial charge in [-0.3, -0.25) is 14.5 Å². The number of anilines is 1. The number of amides is 4. The van der Waals surface area contributed by atoms with Gasteiger partial charge >= 0.3 is 12.0 Å². The zero-order valence-electron chi connectivity index (χ0n) is 14.4. The van der Waals surface area contributed by atoms with E-state index in [4.69, 9.17) is 9.15 Å². The van der Waals surface area contributed by atoms with Crippen LogP contribution in [0.3, 0.4) is 0 Å². The fraction of sp³-hybridized carbons (Fsp3) is 0.222. The first-order valence-corrected chi connectivity index (χ1v) is 8.21. The molecule has 1 aliphatic rings. The molecule has 0 radical (unpaired) electrons. The monoisotopic (exact) mass is 371 g/mol. The number of esters is 1. The summed E-state index contributed by atoms with van der Waals surface area (Å²) in [5, 5.41) is 5.13. The number of furan rings is 1. The van der Waals surface area contributed by atoms with Crippen LogP contribution in [0.2, 0.25) is 0 Å². The number of carbonyl (C=O) groups excluding carboxylic acids is 4. The van der Waals surface area contributed by atoms with Gasteiger partial charge < -0.3 is 19.8 Å². The smallest absolute Gasteiger partial charge is 0.338 e. The van der Waals surface area contributed by atoms with Crippen molar-refractivity contribution in [2.45, 2.75) is 13.0 Å². The minimum absolute atomic E-state index is 0.164. The lowest BCUT2D eigenvalue weighted by Gasteiger charge is -2.18. The second kappa shape index (κ2) is 7.73. The summed E-state index contributed by atoms with van der Waals surface area (Å²) in [5.41, 5.74) is 0.669. The van der Waals surface area contributed by atoms with Crippen LogP contribution in [0.1, 0.15) is 27.8 Å². The average Bonchev–Trinajstić information content (AvgIpc) is 3.33. The summed E-state index contributed by atoms with van der Waals surface area (Å²) >= 11 is 0. The van der Waals surface area contributed by atoms with Crippen LogP contribution in [0.15, 0.2) is 47.1 Å². The maximum atomic E-state index is 12.2. The van der Waals surface area contributed by atoms with Crippen molar-refractivity contribution in [1.82, 2.24) is 10.2 Å². The molecule has 9 heteroatoms. The highest BCUT2D eigenvalue weighted by Gasteiger charge is 2.31. The second-order valence-electron chi connectivity index (χ2n) is 5.78. The highest BCUT2D eigenvalue weighted by atomic mass is 16.5. The number of nitrogens with one attached hydrogen (secondary N) is 2. The maximum absolute atomic E-state index is 12.2. The van der Waals surface area contributed by atoms with Crippen LogP contribution in [0.25, 0.3) is 0 Å². The van der Waals surface area contributed by atoms with Gasteiger partial charge in [0.15, 0.2) is 11.9 Å². The normalized spacial score (nSPS) is 14.4. The van der Waals surface area contributed by atoms with Crippen molar-refractivity contribution in [1.29, 1.82) is 0 Å². The molecule has 1 unspecified atom stereocenters. The fourth-order valence-corrected chi connectivity index (χ4v) is 2.47. The number of hydrogen-bond acceptors (Lipinski definition) is 6. The lowest BCUT2D eigenvalue weighted by Crippen LogP contribution is -2.41. The van der Waals surface area contributed by atoms with Crippen molar-refractivity contribution in [3.05, 3.63) is 54.0 Å². The largest absolute Gasteiger partial charge is 0.459 e. The van der Waals surface area contributed by atoms with Gasteiger partial charge in [-0.2, -0.15) is 0 Å². The lowest BCUT2D eigenvalue weighted by atomic mass is 10.2. The zero-order chi connectivity index (χ0) is 19.4. The van der Waals surface area contributed by atoms with Crippen LogP contribution < -0.4 is 10.6 Å². The van der Waals surface area contributed by atoms with Crippen molar-refractivity contribution in [2.24, 2.45) is 0 Å². The molecule has 1 aromatic heterocycles. The van der Waals surface area contributed by atoms with Crippen LogP contribution >= 0.6 is 0 Å². The first-order chi connectivity index (χ1) is 13.0. The van der Waals surface area contributed by atoms with Crippen molar-refractivity contribution in [3.8, 4) is 0 Å². The molecule has 1 fully saturated rings. The Balaban J connectivity index is 1.57. The summed E-state index contributed by atoms with van der Waals surface area (Å²) in [6, 6.07) is 8.59. The molecule has 2 aromatic rings. The molecule has 4 amide bonds. The van der Waals surface area contributed by atoms with Crippen molar-refractivity contribution < 1.29 is 28.3 Å². The van der Waals surface area contributed by atoms with Gasteiger partial charge in [-0.25, -0.2) is 9.59 Å².